The second-order valence-corrected chi connectivity index (χ2v) is 17.4. The van der Waals surface area contributed by atoms with Crippen molar-refractivity contribution in [3.8, 4) is 17.2 Å². The third kappa shape index (κ3) is 11.8. The number of esters is 1. The highest BCUT2D eigenvalue weighted by Gasteiger charge is 2.37. The Morgan fingerprint density at radius 1 is 0.982 bits per heavy atom. The van der Waals surface area contributed by atoms with Crippen LogP contribution in [0.2, 0.25) is 10.0 Å². The molecule has 1 amide bonds. The number of benzene rings is 2. The van der Waals surface area contributed by atoms with E-state index in [9.17, 15) is 26.8 Å². The van der Waals surface area contributed by atoms with Gasteiger partial charge in [-0.3, -0.25) is 9.88 Å². The number of hydrogen-bond donors (Lipinski definition) is 0. The Morgan fingerprint density at radius 2 is 1.64 bits per heavy atom. The normalized spacial score (nSPS) is 16.0. The van der Waals surface area contributed by atoms with Crippen LogP contribution >= 0.6 is 23.2 Å². The van der Waals surface area contributed by atoms with Crippen LogP contribution in [0.3, 0.4) is 0 Å². The van der Waals surface area contributed by atoms with Crippen LogP contribution in [0.25, 0.3) is 0 Å². The Balaban J connectivity index is 1.51. The van der Waals surface area contributed by atoms with E-state index in [4.69, 9.17) is 46.9 Å². The number of likely N-dealkylation sites (N-methyl/N-ethyl adjacent to an activating group) is 1. The third-order valence-electron chi connectivity index (χ3n) is 9.05. The summed E-state index contributed by atoms with van der Waals surface area (Å²) in [7, 11) is -1.14. The van der Waals surface area contributed by atoms with Crippen molar-refractivity contribution in [2.24, 2.45) is 5.92 Å². The topological polar surface area (TPSA) is 137 Å². The summed E-state index contributed by atoms with van der Waals surface area (Å²) in [5.41, 5.74) is -0.789. The number of sulfonamides is 1. The number of halogens is 4. The molecule has 1 saturated carbocycles. The van der Waals surface area contributed by atoms with Crippen molar-refractivity contribution in [3.05, 3.63) is 75.5 Å². The number of alkyl halides is 2. The maximum absolute atomic E-state index is 14.1. The Bertz CT molecular complexity index is 1950. The van der Waals surface area contributed by atoms with Gasteiger partial charge in [-0.25, -0.2) is 18.0 Å². The van der Waals surface area contributed by atoms with Crippen LogP contribution in [0.4, 0.5) is 19.3 Å². The molecule has 0 radical (unpaired) electrons. The fourth-order valence-electron chi connectivity index (χ4n) is 5.81. The summed E-state index contributed by atoms with van der Waals surface area (Å²) in [5, 5.41) is 0.367. The predicted octanol–water partition coefficient (Wildman–Crippen LogP) is 7.25. The lowest BCUT2D eigenvalue weighted by molar-refractivity contribution is -0.0515. The maximum atomic E-state index is 14.1. The van der Waals surface area contributed by atoms with Crippen LogP contribution in [0.5, 0.6) is 17.2 Å². The third-order valence-corrected chi connectivity index (χ3v) is 11.3. The minimum Gasteiger partial charge on any atom is -0.495 e. The molecule has 13 nitrogen and oxygen atoms in total. The number of hydrogen-bond acceptors (Lipinski definition) is 12. The molecule has 0 spiro atoms. The number of carbonyl (C=O) groups excluding carboxylic acids is 2. The van der Waals surface area contributed by atoms with E-state index in [2.05, 4.69) is 9.88 Å². The molecule has 0 N–H and O–H groups in total. The van der Waals surface area contributed by atoms with Gasteiger partial charge in [0.15, 0.2) is 11.5 Å². The highest BCUT2D eigenvalue weighted by molar-refractivity contribution is 7.93. The lowest BCUT2D eigenvalue weighted by Crippen LogP contribution is -2.48. The SMILES string of the molecule is COc1ccc(C(=O)O[C@@H](Cc2c(Cl)cncc2Cl)c2ccc(OC(F)F)c(OCC3CC3)c2)cc1N(C(=O)OC(C)(C)C)S(=O)(=O)CCN1CCN(C)CC1. The molecule has 2 heterocycles. The molecule has 0 unspecified atom stereocenters. The molecule has 5 rings (SSSR count). The molecule has 1 saturated heterocycles. The molecule has 1 aliphatic heterocycles. The van der Waals surface area contributed by atoms with Crippen molar-refractivity contribution in [2.75, 3.05) is 63.5 Å². The van der Waals surface area contributed by atoms with Crippen molar-refractivity contribution in [3.63, 3.8) is 0 Å². The van der Waals surface area contributed by atoms with E-state index < -0.39 is 46.2 Å². The van der Waals surface area contributed by atoms with E-state index in [1.807, 2.05) is 11.9 Å². The van der Waals surface area contributed by atoms with Gasteiger partial charge in [0.1, 0.15) is 23.1 Å². The number of rotatable bonds is 16. The molecule has 2 aliphatic rings. The van der Waals surface area contributed by atoms with Gasteiger partial charge in [0, 0.05) is 51.5 Å². The number of aromatic nitrogens is 1. The number of amides is 1. The summed E-state index contributed by atoms with van der Waals surface area (Å²) in [6, 6.07) is 8.04. The maximum Gasteiger partial charge on any atom is 0.429 e. The van der Waals surface area contributed by atoms with Gasteiger partial charge >= 0.3 is 18.7 Å². The molecular formula is C38H46Cl2F2N4O9S. The zero-order valence-electron chi connectivity index (χ0n) is 31.8. The first-order valence-corrected chi connectivity index (χ1v) is 20.4. The molecule has 1 aromatic heterocycles. The standard InChI is InChI=1S/C38H46Cl2F2N4O9S/c1-38(2,3)55-37(48)46(56(49,50)17-16-45-14-12-44(4)13-15-45)30-18-26(9-10-31(30)51-5)35(47)53-33(20-27-28(39)21-43-22-29(27)40)25-8-11-32(54-36(41)42)34(19-25)52-23-24-6-7-24/h8-11,18-19,21-22,24,33,36H,6-7,12-17,20,23H2,1-5H3/t33-/m0/s1. The molecule has 56 heavy (non-hydrogen) atoms. The van der Waals surface area contributed by atoms with E-state index in [0.29, 0.717) is 28.5 Å². The number of pyridine rings is 1. The molecule has 2 fully saturated rings. The van der Waals surface area contributed by atoms with Crippen molar-refractivity contribution >= 4 is 51.0 Å². The van der Waals surface area contributed by atoms with Gasteiger partial charge in [0.25, 0.3) is 0 Å². The van der Waals surface area contributed by atoms with Crippen LogP contribution in [-0.2, 0) is 25.9 Å². The summed E-state index contributed by atoms with van der Waals surface area (Å²) in [4.78, 5) is 36.0. The Morgan fingerprint density at radius 3 is 2.25 bits per heavy atom. The molecule has 1 aliphatic carbocycles. The number of carbonyl (C=O) groups is 2. The van der Waals surface area contributed by atoms with Crippen molar-refractivity contribution in [1.29, 1.82) is 0 Å². The van der Waals surface area contributed by atoms with Crippen LogP contribution in [0.1, 0.15) is 61.2 Å². The lowest BCUT2D eigenvalue weighted by Gasteiger charge is -2.33. The summed E-state index contributed by atoms with van der Waals surface area (Å²) in [5.74, 6) is -1.31. The van der Waals surface area contributed by atoms with Gasteiger partial charge in [-0.1, -0.05) is 29.3 Å². The molecule has 3 aromatic rings. The van der Waals surface area contributed by atoms with E-state index in [-0.39, 0.29) is 64.0 Å². The van der Waals surface area contributed by atoms with Crippen LogP contribution < -0.4 is 18.5 Å². The number of methoxy groups -OCH3 is 1. The smallest absolute Gasteiger partial charge is 0.429 e. The number of piperazine rings is 1. The molecular weight excluding hydrogens is 797 g/mol. The monoisotopic (exact) mass is 842 g/mol. The number of anilines is 1. The zero-order chi connectivity index (χ0) is 40.8. The van der Waals surface area contributed by atoms with Crippen molar-refractivity contribution < 1.29 is 50.5 Å². The second-order valence-electron chi connectivity index (χ2n) is 14.6. The van der Waals surface area contributed by atoms with Gasteiger partial charge in [0.2, 0.25) is 10.0 Å². The molecule has 306 valence electrons. The summed E-state index contributed by atoms with van der Waals surface area (Å²) < 4.78 is 83.1. The first-order chi connectivity index (χ1) is 26.4. The van der Waals surface area contributed by atoms with Gasteiger partial charge < -0.3 is 28.6 Å². The molecule has 1 atom stereocenters. The van der Waals surface area contributed by atoms with Gasteiger partial charge in [-0.05, 0) is 88.0 Å². The highest BCUT2D eigenvalue weighted by atomic mass is 35.5. The van der Waals surface area contributed by atoms with Crippen LogP contribution in [0, 0.1) is 5.92 Å². The van der Waals surface area contributed by atoms with E-state index in [0.717, 1.165) is 25.9 Å². The Hall–Kier alpha value is -3.96. The average molecular weight is 844 g/mol. The minimum absolute atomic E-state index is 0.0178. The Labute approximate surface area is 335 Å². The summed E-state index contributed by atoms with van der Waals surface area (Å²) >= 11 is 12.9. The Kier molecular flexibility index (Phi) is 14.3. The van der Waals surface area contributed by atoms with E-state index in [1.165, 1.54) is 55.9 Å². The fourth-order valence-corrected chi connectivity index (χ4v) is 7.71. The van der Waals surface area contributed by atoms with Crippen molar-refractivity contribution in [1.82, 2.24) is 14.8 Å². The number of nitrogens with zero attached hydrogens (tertiary/aromatic N) is 4. The fraction of sp³-hybridized carbons (Fsp3) is 0.500. The van der Waals surface area contributed by atoms with E-state index in [1.54, 1.807) is 20.8 Å². The minimum atomic E-state index is -4.42. The molecule has 2 aromatic carbocycles. The van der Waals surface area contributed by atoms with Crippen molar-refractivity contribution in [2.45, 2.75) is 58.4 Å². The molecule has 0 bridgehead atoms. The first kappa shape index (κ1) is 43.2. The largest absolute Gasteiger partial charge is 0.495 e. The van der Waals surface area contributed by atoms with Crippen LogP contribution in [-0.4, -0.2) is 107 Å². The second kappa shape index (κ2) is 18.5. The lowest BCUT2D eigenvalue weighted by atomic mass is 10.0. The summed E-state index contributed by atoms with van der Waals surface area (Å²) in [6.07, 6.45) is 2.20. The molecule has 18 heteroatoms. The number of ether oxygens (including phenoxy) is 5. The predicted molar refractivity (Wildman–Crippen MR) is 207 cm³/mol. The van der Waals surface area contributed by atoms with Gasteiger partial charge in [0.05, 0.1) is 35.1 Å². The van der Waals surface area contributed by atoms with Crippen LogP contribution in [0.15, 0.2) is 48.8 Å². The van der Waals surface area contributed by atoms with Gasteiger partial charge in [-0.15, -0.1) is 0 Å². The average Bonchev–Trinajstić information content (AvgIpc) is 3.96. The highest BCUT2D eigenvalue weighted by Crippen LogP contribution is 2.39. The zero-order valence-corrected chi connectivity index (χ0v) is 34.1. The van der Waals surface area contributed by atoms with E-state index >= 15 is 0 Å². The quantitative estimate of drug-likeness (QED) is 0.134. The first-order valence-electron chi connectivity index (χ1n) is 18.0. The summed E-state index contributed by atoms with van der Waals surface area (Å²) in [6.45, 7) is 4.92. The van der Waals surface area contributed by atoms with Gasteiger partial charge in [-0.2, -0.15) is 13.1 Å².